The first-order chi connectivity index (χ1) is 7.10. The van der Waals surface area contributed by atoms with Gasteiger partial charge >= 0.3 is 0 Å². The van der Waals surface area contributed by atoms with Gasteiger partial charge in [-0.15, -0.1) is 0 Å². The van der Waals surface area contributed by atoms with Crippen LogP contribution in [-0.4, -0.2) is 36.6 Å². The second-order valence-electron chi connectivity index (χ2n) is 2.92. The Bertz CT molecular complexity index is 210. The summed E-state index contributed by atoms with van der Waals surface area (Å²) in [5.74, 6) is 0.392. The van der Waals surface area contributed by atoms with E-state index in [2.05, 4.69) is 0 Å². The van der Waals surface area contributed by atoms with Gasteiger partial charge in [0.05, 0.1) is 0 Å². The molecule has 0 radical (unpaired) electrons. The number of rotatable bonds is 6. The van der Waals surface area contributed by atoms with E-state index in [0.29, 0.717) is 0 Å². The number of hydrogen-bond acceptors (Lipinski definition) is 5. The zero-order valence-electron chi connectivity index (χ0n) is 9.43. The maximum Gasteiger partial charge on any atom is 0.166 e. The van der Waals surface area contributed by atoms with Crippen molar-refractivity contribution in [2.24, 2.45) is 0 Å². The van der Waals surface area contributed by atoms with Crippen LogP contribution >= 0.6 is 0 Å². The van der Waals surface area contributed by atoms with Crippen molar-refractivity contribution in [3.8, 4) is 0 Å². The highest BCUT2D eigenvalue weighted by atomic mass is 16.6. The lowest BCUT2D eigenvalue weighted by Crippen LogP contribution is -2.17. The van der Waals surface area contributed by atoms with E-state index in [1.165, 1.54) is 14.2 Å². The molecule has 0 aromatic carbocycles. The molecule has 0 fully saturated rings. The van der Waals surface area contributed by atoms with Crippen LogP contribution in [0.3, 0.4) is 0 Å². The molecule has 2 N–H and O–H groups in total. The topological polar surface area (TPSA) is 68.2 Å². The van der Waals surface area contributed by atoms with E-state index in [0.717, 1.165) is 12.5 Å². The maximum absolute atomic E-state index is 8.91. The quantitative estimate of drug-likeness (QED) is 0.666. The lowest BCUT2D eigenvalue weighted by atomic mass is 10.3. The molecule has 0 aliphatic heterocycles. The van der Waals surface area contributed by atoms with Crippen molar-refractivity contribution in [1.82, 2.24) is 0 Å². The molecule has 0 saturated carbocycles. The van der Waals surface area contributed by atoms with Crippen LogP contribution in [0.1, 0.15) is 13.8 Å². The van der Waals surface area contributed by atoms with E-state index in [9.17, 15) is 0 Å². The first-order valence-electron chi connectivity index (χ1n) is 4.52. The van der Waals surface area contributed by atoms with E-state index >= 15 is 0 Å². The van der Waals surface area contributed by atoms with Gasteiger partial charge in [0.1, 0.15) is 24.7 Å². The molecule has 0 heterocycles. The van der Waals surface area contributed by atoms with Crippen molar-refractivity contribution in [2.75, 3.05) is 14.2 Å². The smallest absolute Gasteiger partial charge is 0.166 e. The average molecular weight is 218 g/mol. The van der Waals surface area contributed by atoms with Crippen molar-refractivity contribution in [2.45, 2.75) is 26.1 Å². The van der Waals surface area contributed by atoms with Crippen LogP contribution in [0.5, 0.6) is 0 Å². The summed E-state index contributed by atoms with van der Waals surface area (Å²) in [5.41, 5.74) is 0. The van der Waals surface area contributed by atoms with E-state index in [-0.39, 0.29) is 11.5 Å². The summed E-state index contributed by atoms with van der Waals surface area (Å²) >= 11 is 0. The Hall–Kier alpha value is -1.20. The van der Waals surface area contributed by atoms with Gasteiger partial charge in [-0.3, -0.25) is 0 Å². The minimum Gasteiger partial charge on any atom is -0.512 e. The normalized spacial score (nSPS) is 17.3. The summed E-state index contributed by atoms with van der Waals surface area (Å²) in [4.78, 5) is 0. The molecule has 0 saturated heterocycles. The van der Waals surface area contributed by atoms with Gasteiger partial charge in [0.15, 0.2) is 11.5 Å². The number of methoxy groups -OCH3 is 2. The fourth-order valence-corrected chi connectivity index (χ4v) is 0.797. The fourth-order valence-electron chi connectivity index (χ4n) is 0.797. The minimum atomic E-state index is -0.408. The van der Waals surface area contributed by atoms with E-state index < -0.39 is 12.2 Å². The summed E-state index contributed by atoms with van der Waals surface area (Å²) in [7, 11) is 2.97. The minimum absolute atomic E-state index is 0.196. The van der Waals surface area contributed by atoms with Crippen LogP contribution in [0.25, 0.3) is 0 Å². The number of aliphatic hydroxyl groups excluding tert-OH is 2. The molecule has 88 valence electrons. The molecule has 0 bridgehead atoms. The summed E-state index contributed by atoms with van der Waals surface area (Å²) in [6.07, 6.45) is 0.767. The molecule has 5 heteroatoms. The molecule has 0 aliphatic rings. The third-order valence-corrected chi connectivity index (χ3v) is 2.00. The molecule has 0 spiro atoms. The summed E-state index contributed by atoms with van der Waals surface area (Å²) in [6, 6.07) is 0. The SMILES string of the molecule is COC(C)C(=CO)OC(=CO)C(C)OC. The highest BCUT2D eigenvalue weighted by molar-refractivity contribution is 5.04. The predicted octanol–water partition coefficient (Wildman–Crippen LogP) is 1.87. The van der Waals surface area contributed by atoms with Crippen molar-refractivity contribution in [3.63, 3.8) is 0 Å². The Morgan fingerprint density at radius 3 is 1.47 bits per heavy atom. The van der Waals surface area contributed by atoms with Crippen molar-refractivity contribution < 1.29 is 24.4 Å². The highest BCUT2D eigenvalue weighted by Crippen LogP contribution is 2.16. The van der Waals surface area contributed by atoms with E-state index in [1.54, 1.807) is 13.8 Å². The average Bonchev–Trinajstić information content (AvgIpc) is 2.28. The summed E-state index contributed by atoms with van der Waals surface area (Å²) in [6.45, 7) is 3.41. The maximum atomic E-state index is 8.91. The van der Waals surface area contributed by atoms with Crippen LogP contribution in [0, 0.1) is 0 Å². The Balaban J connectivity index is 4.54. The van der Waals surface area contributed by atoms with Crippen LogP contribution < -0.4 is 0 Å². The standard InChI is InChI=1S/C10H18O5/c1-7(13-3)9(5-11)15-10(6-12)8(2)14-4/h5-8,11-12H,1-4H3. The highest BCUT2D eigenvalue weighted by Gasteiger charge is 2.16. The Morgan fingerprint density at radius 1 is 0.933 bits per heavy atom. The van der Waals surface area contributed by atoms with Crippen LogP contribution in [-0.2, 0) is 14.2 Å². The van der Waals surface area contributed by atoms with E-state index in [1.807, 2.05) is 0 Å². The van der Waals surface area contributed by atoms with Gasteiger partial charge in [-0.25, -0.2) is 0 Å². The third-order valence-electron chi connectivity index (χ3n) is 2.00. The second-order valence-corrected chi connectivity index (χ2v) is 2.92. The largest absolute Gasteiger partial charge is 0.512 e. The third kappa shape index (κ3) is 4.22. The zero-order chi connectivity index (χ0) is 11.8. The number of hydrogen-bond donors (Lipinski definition) is 2. The van der Waals surface area contributed by atoms with Gasteiger partial charge in [-0.05, 0) is 13.8 Å². The lowest BCUT2D eigenvalue weighted by molar-refractivity contribution is 0.0509. The summed E-state index contributed by atoms with van der Waals surface area (Å²) < 4.78 is 15.1. The van der Waals surface area contributed by atoms with Crippen LogP contribution in [0.4, 0.5) is 0 Å². The Morgan fingerprint density at radius 2 is 1.27 bits per heavy atom. The molecule has 5 nitrogen and oxygen atoms in total. The molecule has 15 heavy (non-hydrogen) atoms. The van der Waals surface area contributed by atoms with Crippen LogP contribution in [0.2, 0.25) is 0 Å². The Kier molecular flexibility index (Phi) is 6.57. The molecule has 2 atom stereocenters. The zero-order valence-corrected chi connectivity index (χ0v) is 9.43. The van der Waals surface area contributed by atoms with Crippen molar-refractivity contribution >= 4 is 0 Å². The Labute approximate surface area is 89.6 Å². The number of aliphatic hydroxyl groups is 2. The molecule has 0 aliphatic carbocycles. The van der Waals surface area contributed by atoms with Gasteiger partial charge in [0, 0.05) is 14.2 Å². The monoisotopic (exact) mass is 218 g/mol. The van der Waals surface area contributed by atoms with Gasteiger partial charge in [-0.2, -0.15) is 0 Å². The molecule has 0 aromatic heterocycles. The first-order valence-corrected chi connectivity index (χ1v) is 4.52. The van der Waals surface area contributed by atoms with Gasteiger partial charge in [0.2, 0.25) is 0 Å². The predicted molar refractivity (Wildman–Crippen MR) is 55.5 cm³/mol. The van der Waals surface area contributed by atoms with Crippen molar-refractivity contribution in [3.05, 3.63) is 24.0 Å². The molecule has 0 aromatic rings. The number of ether oxygens (including phenoxy) is 3. The molecule has 2 unspecified atom stereocenters. The van der Waals surface area contributed by atoms with Gasteiger partial charge in [-0.1, -0.05) is 0 Å². The van der Waals surface area contributed by atoms with Crippen LogP contribution in [0.15, 0.2) is 24.0 Å². The molecule has 0 rings (SSSR count). The van der Waals surface area contributed by atoms with Crippen molar-refractivity contribution in [1.29, 1.82) is 0 Å². The van der Waals surface area contributed by atoms with Gasteiger partial charge in [0.25, 0.3) is 0 Å². The van der Waals surface area contributed by atoms with Gasteiger partial charge < -0.3 is 24.4 Å². The lowest BCUT2D eigenvalue weighted by Gasteiger charge is -2.19. The molecular weight excluding hydrogens is 200 g/mol. The molecule has 0 amide bonds. The first kappa shape index (κ1) is 13.8. The fraction of sp³-hybridized carbons (Fsp3) is 0.600. The van der Waals surface area contributed by atoms with E-state index in [4.69, 9.17) is 24.4 Å². The second kappa shape index (κ2) is 7.14. The summed E-state index contributed by atoms with van der Waals surface area (Å²) in [5, 5.41) is 17.8. The molecular formula is C10H18O5.